The zero-order valence-corrected chi connectivity index (χ0v) is 14.1. The Balaban J connectivity index is 1.63. The quantitative estimate of drug-likeness (QED) is 0.749. The number of amides is 1. The number of carbonyl (C=O) groups is 1. The van der Waals surface area contributed by atoms with Crippen molar-refractivity contribution in [3.05, 3.63) is 48.0 Å². The minimum atomic E-state index is -0.485. The Morgan fingerprint density at radius 1 is 1.08 bits per heavy atom. The Labute approximate surface area is 150 Å². The lowest BCUT2D eigenvalue weighted by atomic mass is 10.1. The highest BCUT2D eigenvalue weighted by molar-refractivity contribution is 5.93. The van der Waals surface area contributed by atoms with E-state index in [0.29, 0.717) is 22.8 Å². The number of primary amides is 1. The van der Waals surface area contributed by atoms with E-state index in [0.717, 1.165) is 37.2 Å². The van der Waals surface area contributed by atoms with E-state index in [1.165, 1.54) is 0 Å². The van der Waals surface area contributed by atoms with E-state index >= 15 is 0 Å². The lowest BCUT2D eigenvalue weighted by Crippen LogP contribution is -2.17. The van der Waals surface area contributed by atoms with E-state index in [9.17, 15) is 9.90 Å². The van der Waals surface area contributed by atoms with Gasteiger partial charge in [0.05, 0.1) is 5.69 Å². The summed E-state index contributed by atoms with van der Waals surface area (Å²) < 4.78 is 5.35. The smallest absolute Gasteiger partial charge is 0.258 e. The molecule has 1 saturated heterocycles. The van der Waals surface area contributed by atoms with Gasteiger partial charge in [0, 0.05) is 29.8 Å². The van der Waals surface area contributed by atoms with Gasteiger partial charge in [0.2, 0.25) is 11.7 Å². The summed E-state index contributed by atoms with van der Waals surface area (Å²) in [6.07, 6.45) is 2.24. The maximum Gasteiger partial charge on any atom is 0.258 e. The Morgan fingerprint density at radius 3 is 2.46 bits per heavy atom. The van der Waals surface area contributed by atoms with Crippen LogP contribution in [0, 0.1) is 0 Å². The molecule has 0 unspecified atom stereocenters. The highest BCUT2D eigenvalue weighted by Crippen LogP contribution is 2.34. The Morgan fingerprint density at radius 2 is 1.77 bits per heavy atom. The number of aromatic nitrogens is 2. The molecule has 1 fully saturated rings. The first kappa shape index (κ1) is 16.1. The fraction of sp³-hybridized carbons (Fsp3) is 0.211. The highest BCUT2D eigenvalue weighted by Gasteiger charge is 2.18. The zero-order valence-electron chi connectivity index (χ0n) is 14.1. The van der Waals surface area contributed by atoms with Gasteiger partial charge >= 0.3 is 0 Å². The van der Waals surface area contributed by atoms with Crippen LogP contribution >= 0.6 is 0 Å². The van der Waals surface area contributed by atoms with Crippen LogP contribution in [0.4, 0.5) is 5.69 Å². The molecule has 7 heteroatoms. The van der Waals surface area contributed by atoms with Crippen molar-refractivity contribution >= 4 is 11.6 Å². The number of phenols is 1. The Kier molecular flexibility index (Phi) is 4.04. The van der Waals surface area contributed by atoms with Gasteiger partial charge < -0.3 is 20.3 Å². The summed E-state index contributed by atoms with van der Waals surface area (Å²) in [4.78, 5) is 17.7. The van der Waals surface area contributed by atoms with Gasteiger partial charge in [-0.15, -0.1) is 0 Å². The largest absolute Gasteiger partial charge is 0.506 e. The number of hydrogen-bond acceptors (Lipinski definition) is 6. The minimum Gasteiger partial charge on any atom is -0.506 e. The second-order valence-corrected chi connectivity index (χ2v) is 6.26. The van der Waals surface area contributed by atoms with Gasteiger partial charge in [-0.3, -0.25) is 4.79 Å². The molecule has 1 aliphatic rings. The monoisotopic (exact) mass is 350 g/mol. The molecular weight excluding hydrogens is 332 g/mol. The molecule has 4 rings (SSSR count). The number of nitrogens with zero attached hydrogens (tertiary/aromatic N) is 3. The Hall–Kier alpha value is -3.35. The summed E-state index contributed by atoms with van der Waals surface area (Å²) in [5.74, 6) is 0.564. The number of phenolic OH excluding ortho intramolecular Hbond substituents is 1. The lowest BCUT2D eigenvalue weighted by Gasteiger charge is -2.19. The molecule has 0 radical (unpaired) electrons. The molecular formula is C19H18N4O3. The van der Waals surface area contributed by atoms with Crippen LogP contribution in [0.1, 0.15) is 23.2 Å². The van der Waals surface area contributed by atoms with Crippen LogP contribution in [0.5, 0.6) is 5.75 Å². The van der Waals surface area contributed by atoms with Crippen LogP contribution in [0.25, 0.3) is 22.8 Å². The molecule has 3 N–H and O–H groups in total. The predicted octanol–water partition coefficient (Wildman–Crippen LogP) is 2.81. The van der Waals surface area contributed by atoms with Crippen molar-refractivity contribution in [3.63, 3.8) is 0 Å². The van der Waals surface area contributed by atoms with Crippen LogP contribution in [0.15, 0.2) is 47.0 Å². The number of rotatable bonds is 4. The van der Waals surface area contributed by atoms with Crippen molar-refractivity contribution in [2.24, 2.45) is 5.73 Å². The van der Waals surface area contributed by atoms with Crippen LogP contribution in [-0.4, -0.2) is 34.2 Å². The fourth-order valence-electron chi connectivity index (χ4n) is 3.11. The molecule has 1 amide bonds. The molecule has 1 aliphatic heterocycles. The minimum absolute atomic E-state index is 0.251. The molecule has 0 spiro atoms. The summed E-state index contributed by atoms with van der Waals surface area (Å²) in [5, 5.41) is 14.2. The summed E-state index contributed by atoms with van der Waals surface area (Å²) in [7, 11) is 0. The fourth-order valence-corrected chi connectivity index (χ4v) is 3.11. The number of aromatic hydroxyl groups is 1. The normalized spacial score (nSPS) is 13.9. The van der Waals surface area contributed by atoms with Crippen LogP contribution in [0.3, 0.4) is 0 Å². The molecule has 2 heterocycles. The summed E-state index contributed by atoms with van der Waals surface area (Å²) in [6.45, 7) is 1.86. The van der Waals surface area contributed by atoms with E-state index in [1.54, 1.807) is 36.4 Å². The van der Waals surface area contributed by atoms with E-state index in [-0.39, 0.29) is 5.75 Å². The molecule has 2 aromatic carbocycles. The van der Waals surface area contributed by atoms with Crippen molar-refractivity contribution in [2.75, 3.05) is 18.0 Å². The SMILES string of the molecule is NC(=O)c1ccc(-c2nc(-c3ccc(O)c(N4CCCC4)c3)no2)cc1. The highest BCUT2D eigenvalue weighted by atomic mass is 16.5. The second kappa shape index (κ2) is 6.51. The molecule has 0 saturated carbocycles. The molecule has 1 aromatic heterocycles. The average Bonchev–Trinajstić information content (AvgIpc) is 3.34. The Bertz CT molecular complexity index is 944. The standard InChI is InChI=1S/C19H18N4O3/c20-17(25)12-3-5-13(6-4-12)19-21-18(22-26-19)14-7-8-16(24)15(11-14)23-9-1-2-10-23/h3-8,11,24H,1-2,9-10H2,(H2,20,25). The summed E-state index contributed by atoms with van der Waals surface area (Å²) in [5.41, 5.74) is 7.93. The van der Waals surface area contributed by atoms with Gasteiger partial charge in [-0.25, -0.2) is 0 Å². The van der Waals surface area contributed by atoms with Crippen LogP contribution in [0.2, 0.25) is 0 Å². The summed E-state index contributed by atoms with van der Waals surface area (Å²) in [6, 6.07) is 12.0. The molecule has 0 aliphatic carbocycles. The number of hydrogen-bond donors (Lipinski definition) is 2. The van der Waals surface area contributed by atoms with Gasteiger partial charge in [0.1, 0.15) is 5.75 Å². The number of nitrogens with two attached hydrogens (primary N) is 1. The summed E-state index contributed by atoms with van der Waals surface area (Å²) >= 11 is 0. The number of carbonyl (C=O) groups excluding carboxylic acids is 1. The molecule has 7 nitrogen and oxygen atoms in total. The van der Waals surface area contributed by atoms with Crippen molar-refractivity contribution in [1.82, 2.24) is 10.1 Å². The van der Waals surface area contributed by atoms with E-state index in [1.807, 2.05) is 6.07 Å². The van der Waals surface area contributed by atoms with Crippen LogP contribution < -0.4 is 10.6 Å². The molecule has 0 bridgehead atoms. The number of anilines is 1. The first-order valence-corrected chi connectivity index (χ1v) is 8.44. The van der Waals surface area contributed by atoms with Gasteiger partial charge in [-0.1, -0.05) is 5.16 Å². The zero-order chi connectivity index (χ0) is 18.1. The topological polar surface area (TPSA) is 105 Å². The first-order chi connectivity index (χ1) is 12.6. The third-order valence-electron chi connectivity index (χ3n) is 4.52. The van der Waals surface area contributed by atoms with E-state index < -0.39 is 5.91 Å². The molecule has 132 valence electrons. The van der Waals surface area contributed by atoms with Crippen LogP contribution in [-0.2, 0) is 0 Å². The first-order valence-electron chi connectivity index (χ1n) is 8.44. The predicted molar refractivity (Wildman–Crippen MR) is 96.8 cm³/mol. The van der Waals surface area contributed by atoms with Crippen molar-refractivity contribution < 1.29 is 14.4 Å². The van der Waals surface area contributed by atoms with E-state index in [4.69, 9.17) is 10.3 Å². The van der Waals surface area contributed by atoms with Gasteiger partial charge in [0.25, 0.3) is 5.89 Å². The van der Waals surface area contributed by atoms with Crippen molar-refractivity contribution in [2.45, 2.75) is 12.8 Å². The molecule has 0 atom stereocenters. The van der Waals surface area contributed by atoms with Crippen molar-refractivity contribution in [3.8, 4) is 28.6 Å². The van der Waals surface area contributed by atoms with Gasteiger partial charge in [-0.05, 0) is 55.3 Å². The van der Waals surface area contributed by atoms with Gasteiger partial charge in [-0.2, -0.15) is 4.98 Å². The second-order valence-electron chi connectivity index (χ2n) is 6.26. The van der Waals surface area contributed by atoms with Gasteiger partial charge in [0.15, 0.2) is 0 Å². The van der Waals surface area contributed by atoms with Crippen molar-refractivity contribution in [1.29, 1.82) is 0 Å². The average molecular weight is 350 g/mol. The third-order valence-corrected chi connectivity index (χ3v) is 4.52. The van der Waals surface area contributed by atoms with E-state index in [2.05, 4.69) is 15.0 Å². The molecule has 3 aromatic rings. The number of benzene rings is 2. The maximum atomic E-state index is 11.2. The maximum absolute atomic E-state index is 11.2. The third kappa shape index (κ3) is 2.99. The lowest BCUT2D eigenvalue weighted by molar-refractivity contribution is 0.100. The molecule has 26 heavy (non-hydrogen) atoms.